The monoisotopic (exact) mass is 211 g/mol. The summed E-state index contributed by atoms with van der Waals surface area (Å²) in [5, 5.41) is 16.2. The molecule has 0 aliphatic rings. The third kappa shape index (κ3) is 1.66. The fraction of sp³-hybridized carbons (Fsp3) is 0.154. The average Bonchev–Trinajstić information content (AvgIpc) is 2.59. The Labute approximate surface area is 94.3 Å². The first-order valence-electron chi connectivity index (χ1n) is 4.98. The molecule has 16 heavy (non-hydrogen) atoms. The first kappa shape index (κ1) is 10.3. The van der Waals surface area contributed by atoms with E-state index in [1.165, 1.54) is 4.68 Å². The Morgan fingerprint density at radius 2 is 2.06 bits per heavy atom. The van der Waals surface area contributed by atoms with Crippen molar-refractivity contribution in [3.8, 4) is 23.9 Å². The second kappa shape index (κ2) is 4.11. The van der Waals surface area contributed by atoms with Crippen LogP contribution in [-0.4, -0.2) is 9.78 Å². The van der Waals surface area contributed by atoms with Crippen molar-refractivity contribution in [3.05, 3.63) is 41.6 Å². The lowest BCUT2D eigenvalue weighted by molar-refractivity contribution is -0.278. The number of benzene rings is 1. The SMILES string of the molecule is C#CCc1c(C)nn(-c2ccccc2)c1[O-]. The summed E-state index contributed by atoms with van der Waals surface area (Å²) in [6.45, 7) is 1.80. The van der Waals surface area contributed by atoms with Crippen LogP contribution in [0.2, 0.25) is 0 Å². The van der Waals surface area contributed by atoms with Crippen LogP contribution in [0, 0.1) is 19.3 Å². The van der Waals surface area contributed by atoms with Gasteiger partial charge in [0.15, 0.2) is 0 Å². The van der Waals surface area contributed by atoms with Gasteiger partial charge >= 0.3 is 0 Å². The Morgan fingerprint density at radius 1 is 1.38 bits per heavy atom. The molecular weight excluding hydrogens is 200 g/mol. The van der Waals surface area contributed by atoms with Crippen LogP contribution < -0.4 is 5.11 Å². The minimum absolute atomic E-state index is 0.123. The zero-order valence-corrected chi connectivity index (χ0v) is 8.97. The fourth-order valence-corrected chi connectivity index (χ4v) is 1.59. The van der Waals surface area contributed by atoms with Gasteiger partial charge in [0.2, 0.25) is 0 Å². The molecule has 2 aromatic rings. The van der Waals surface area contributed by atoms with E-state index in [4.69, 9.17) is 6.42 Å². The summed E-state index contributed by atoms with van der Waals surface area (Å²) in [5.41, 5.74) is 2.07. The Hall–Kier alpha value is -2.21. The molecule has 1 aromatic carbocycles. The highest BCUT2D eigenvalue weighted by atomic mass is 16.3. The molecule has 0 saturated carbocycles. The van der Waals surface area contributed by atoms with Crippen LogP contribution in [0.5, 0.6) is 5.88 Å². The van der Waals surface area contributed by atoms with E-state index < -0.39 is 0 Å². The molecule has 0 aliphatic carbocycles. The Balaban J connectivity index is 2.53. The van der Waals surface area contributed by atoms with Crippen LogP contribution in [0.3, 0.4) is 0 Å². The van der Waals surface area contributed by atoms with E-state index in [1.807, 2.05) is 30.3 Å². The molecular formula is C13H11N2O-. The summed E-state index contributed by atoms with van der Waals surface area (Å²) in [5.74, 6) is 2.35. The van der Waals surface area contributed by atoms with E-state index in [0.29, 0.717) is 17.7 Å². The third-order valence-electron chi connectivity index (χ3n) is 2.42. The molecule has 0 amide bonds. The normalized spacial score (nSPS) is 10.0. The minimum atomic E-state index is -0.123. The maximum Gasteiger partial charge on any atom is 0.0638 e. The van der Waals surface area contributed by atoms with Crippen molar-refractivity contribution in [2.75, 3.05) is 0 Å². The number of aromatic nitrogens is 2. The summed E-state index contributed by atoms with van der Waals surface area (Å²) in [6, 6.07) is 9.31. The quantitative estimate of drug-likeness (QED) is 0.705. The van der Waals surface area contributed by atoms with Crippen molar-refractivity contribution >= 4 is 0 Å². The largest absolute Gasteiger partial charge is 0.858 e. The predicted octanol–water partition coefficient (Wildman–Crippen LogP) is 1.43. The number of terminal acetylenes is 1. The molecule has 0 spiro atoms. The highest BCUT2D eigenvalue weighted by Gasteiger charge is 2.07. The summed E-state index contributed by atoms with van der Waals surface area (Å²) < 4.78 is 1.39. The Bertz CT molecular complexity index is 535. The zero-order chi connectivity index (χ0) is 11.5. The molecule has 2 rings (SSSR count). The standard InChI is InChI=1S/C13H12N2O/c1-3-7-12-10(2)14-15(13(12)16)11-8-5-4-6-9-11/h1,4-6,8-9,16H,7H2,2H3/p-1. The number of hydrogen-bond acceptors (Lipinski definition) is 2. The van der Waals surface area contributed by atoms with Gasteiger partial charge in [-0.1, -0.05) is 18.2 Å². The van der Waals surface area contributed by atoms with Crippen molar-refractivity contribution in [1.82, 2.24) is 9.78 Å². The maximum absolute atomic E-state index is 12.0. The van der Waals surface area contributed by atoms with Gasteiger partial charge in [0.05, 0.1) is 11.4 Å². The number of aryl methyl sites for hydroxylation is 1. The molecule has 0 N–H and O–H groups in total. The van der Waals surface area contributed by atoms with Crippen LogP contribution in [-0.2, 0) is 6.42 Å². The van der Waals surface area contributed by atoms with Crippen molar-refractivity contribution < 1.29 is 5.11 Å². The van der Waals surface area contributed by atoms with Gasteiger partial charge in [0.1, 0.15) is 0 Å². The fourth-order valence-electron chi connectivity index (χ4n) is 1.59. The lowest BCUT2D eigenvalue weighted by Crippen LogP contribution is -2.04. The van der Waals surface area contributed by atoms with E-state index >= 15 is 0 Å². The van der Waals surface area contributed by atoms with Gasteiger partial charge in [0.25, 0.3) is 0 Å². The summed E-state index contributed by atoms with van der Waals surface area (Å²) in [4.78, 5) is 0. The highest BCUT2D eigenvalue weighted by Crippen LogP contribution is 2.22. The van der Waals surface area contributed by atoms with Gasteiger partial charge in [-0.25, -0.2) is 4.68 Å². The molecule has 3 nitrogen and oxygen atoms in total. The molecule has 0 fully saturated rings. The molecule has 0 unspecified atom stereocenters. The summed E-state index contributed by atoms with van der Waals surface area (Å²) in [6.07, 6.45) is 5.55. The van der Waals surface area contributed by atoms with Gasteiger partial charge < -0.3 is 5.11 Å². The number of nitrogens with zero attached hydrogens (tertiary/aromatic N) is 2. The molecule has 0 atom stereocenters. The number of hydrogen-bond donors (Lipinski definition) is 0. The Morgan fingerprint density at radius 3 is 2.69 bits per heavy atom. The van der Waals surface area contributed by atoms with Crippen LogP contribution in [0.4, 0.5) is 0 Å². The highest BCUT2D eigenvalue weighted by molar-refractivity contribution is 5.40. The van der Waals surface area contributed by atoms with Gasteiger partial charge in [-0.05, 0) is 30.5 Å². The average molecular weight is 211 g/mol. The van der Waals surface area contributed by atoms with Crippen LogP contribution >= 0.6 is 0 Å². The summed E-state index contributed by atoms with van der Waals surface area (Å²) >= 11 is 0. The van der Waals surface area contributed by atoms with E-state index in [-0.39, 0.29) is 5.88 Å². The van der Waals surface area contributed by atoms with E-state index in [0.717, 1.165) is 5.69 Å². The molecule has 80 valence electrons. The smallest absolute Gasteiger partial charge is 0.0638 e. The number of para-hydroxylation sites is 1. The topological polar surface area (TPSA) is 40.9 Å². The first-order valence-corrected chi connectivity index (χ1v) is 4.98. The van der Waals surface area contributed by atoms with Gasteiger partial charge in [-0.15, -0.1) is 12.3 Å². The molecule has 0 aliphatic heterocycles. The van der Waals surface area contributed by atoms with Crippen molar-refractivity contribution in [2.24, 2.45) is 0 Å². The van der Waals surface area contributed by atoms with Crippen molar-refractivity contribution in [2.45, 2.75) is 13.3 Å². The molecule has 1 aromatic heterocycles. The van der Waals surface area contributed by atoms with E-state index in [9.17, 15) is 5.11 Å². The third-order valence-corrected chi connectivity index (χ3v) is 2.42. The molecule has 3 heteroatoms. The van der Waals surface area contributed by atoms with Gasteiger partial charge in [0, 0.05) is 6.42 Å². The second-order valence-electron chi connectivity index (χ2n) is 3.50. The summed E-state index contributed by atoms with van der Waals surface area (Å²) in [7, 11) is 0. The van der Waals surface area contributed by atoms with Gasteiger partial charge in [-0.3, -0.25) is 0 Å². The maximum atomic E-state index is 12.0. The zero-order valence-electron chi connectivity index (χ0n) is 8.97. The van der Waals surface area contributed by atoms with Crippen LogP contribution in [0.15, 0.2) is 30.3 Å². The molecule has 0 radical (unpaired) electrons. The number of rotatable bonds is 2. The minimum Gasteiger partial charge on any atom is -0.858 e. The van der Waals surface area contributed by atoms with Crippen LogP contribution in [0.25, 0.3) is 5.69 Å². The molecule has 0 bridgehead atoms. The lowest BCUT2D eigenvalue weighted by Gasteiger charge is -2.11. The second-order valence-corrected chi connectivity index (χ2v) is 3.50. The lowest BCUT2D eigenvalue weighted by atomic mass is 10.2. The molecule has 1 heterocycles. The predicted molar refractivity (Wildman–Crippen MR) is 60.3 cm³/mol. The van der Waals surface area contributed by atoms with Crippen LogP contribution in [0.1, 0.15) is 11.3 Å². The first-order chi connectivity index (χ1) is 7.74. The van der Waals surface area contributed by atoms with Crippen molar-refractivity contribution in [3.63, 3.8) is 0 Å². The van der Waals surface area contributed by atoms with E-state index in [1.54, 1.807) is 6.92 Å². The van der Waals surface area contributed by atoms with E-state index in [2.05, 4.69) is 11.0 Å². The van der Waals surface area contributed by atoms with Gasteiger partial charge in [-0.2, -0.15) is 5.10 Å². The Kier molecular flexibility index (Phi) is 2.65. The molecule has 0 saturated heterocycles. The van der Waals surface area contributed by atoms with Crippen molar-refractivity contribution in [1.29, 1.82) is 0 Å².